The number of rotatable bonds is 5. The number of aromatic carboxylic acids is 1. The van der Waals surface area contributed by atoms with Gasteiger partial charge in [-0.05, 0) is 47.9 Å². The van der Waals surface area contributed by atoms with Crippen molar-refractivity contribution in [2.45, 2.75) is 29.3 Å². The number of fused-ring (bicyclic) bond motifs is 1. The molecule has 1 aliphatic rings. The van der Waals surface area contributed by atoms with Crippen LogP contribution >= 0.6 is 11.8 Å². The number of anilines is 1. The number of thioether (sulfide) groups is 1. The Labute approximate surface area is 190 Å². The molecule has 170 valence electrons. The van der Waals surface area contributed by atoms with Crippen molar-refractivity contribution in [3.63, 3.8) is 0 Å². The lowest BCUT2D eigenvalue weighted by Crippen LogP contribution is -2.42. The minimum Gasteiger partial charge on any atom is -0.478 e. The van der Waals surface area contributed by atoms with Crippen LogP contribution in [0.1, 0.15) is 27.0 Å². The highest BCUT2D eigenvalue weighted by Crippen LogP contribution is 2.43. The predicted octanol–water partition coefficient (Wildman–Crippen LogP) is 5.79. The second kappa shape index (κ2) is 8.90. The van der Waals surface area contributed by atoms with Crippen molar-refractivity contribution >= 4 is 29.3 Å². The Morgan fingerprint density at radius 2 is 1.70 bits per heavy atom. The van der Waals surface area contributed by atoms with Gasteiger partial charge in [-0.25, -0.2) is 9.18 Å². The number of carbonyl (C=O) groups is 2. The van der Waals surface area contributed by atoms with Gasteiger partial charge in [-0.1, -0.05) is 36.4 Å². The highest BCUT2D eigenvalue weighted by atomic mass is 32.2. The molecule has 0 spiro atoms. The Morgan fingerprint density at radius 3 is 2.36 bits per heavy atom. The molecule has 0 unspecified atom stereocenters. The standard InChI is InChI=1S/C24H17F4NO3S/c25-18-6-3-7-19-21(18)29(13-16-4-1-2-5-17(16)24(26,27)28)22(30)20(33-19)12-14-8-10-15(11-9-14)23(31)32/h1-11,20H,12-13H2,(H,31,32)/t20-/m0/s1. The van der Waals surface area contributed by atoms with Crippen molar-refractivity contribution < 1.29 is 32.3 Å². The van der Waals surface area contributed by atoms with E-state index in [1.807, 2.05) is 0 Å². The number of hydrogen-bond acceptors (Lipinski definition) is 3. The molecular formula is C24H17F4NO3S. The minimum atomic E-state index is -4.62. The van der Waals surface area contributed by atoms with Crippen LogP contribution in [-0.2, 0) is 23.9 Å². The topological polar surface area (TPSA) is 57.6 Å². The average molecular weight is 475 g/mol. The molecule has 33 heavy (non-hydrogen) atoms. The molecule has 0 saturated heterocycles. The molecule has 4 rings (SSSR count). The first kappa shape index (κ1) is 22.8. The first-order chi connectivity index (χ1) is 15.6. The number of carboxylic acid groups (broad SMARTS) is 1. The van der Waals surface area contributed by atoms with Gasteiger partial charge in [0.2, 0.25) is 5.91 Å². The number of carbonyl (C=O) groups excluding carboxylic acids is 1. The highest BCUT2D eigenvalue weighted by Gasteiger charge is 2.38. The number of nitrogens with zero attached hydrogens (tertiary/aromatic N) is 1. The van der Waals surface area contributed by atoms with E-state index >= 15 is 0 Å². The predicted molar refractivity (Wildman–Crippen MR) is 116 cm³/mol. The van der Waals surface area contributed by atoms with Crippen molar-refractivity contribution in [3.05, 3.63) is 94.8 Å². The molecular weight excluding hydrogens is 458 g/mol. The molecule has 0 aliphatic carbocycles. The maximum atomic E-state index is 14.7. The number of hydrogen-bond donors (Lipinski definition) is 1. The van der Waals surface area contributed by atoms with Gasteiger partial charge in [0.05, 0.1) is 28.6 Å². The molecule has 0 aromatic heterocycles. The minimum absolute atomic E-state index is 0.0399. The number of para-hydroxylation sites is 1. The highest BCUT2D eigenvalue weighted by molar-refractivity contribution is 8.01. The quantitative estimate of drug-likeness (QED) is 0.475. The molecule has 0 radical (unpaired) electrons. The third-order valence-electron chi connectivity index (χ3n) is 5.30. The summed E-state index contributed by atoms with van der Waals surface area (Å²) in [7, 11) is 0. The van der Waals surface area contributed by atoms with E-state index in [1.165, 1.54) is 42.5 Å². The van der Waals surface area contributed by atoms with E-state index in [-0.39, 0.29) is 23.2 Å². The zero-order valence-corrected chi connectivity index (χ0v) is 17.8. The van der Waals surface area contributed by atoms with Crippen LogP contribution in [0, 0.1) is 5.82 Å². The lowest BCUT2D eigenvalue weighted by atomic mass is 10.0. The van der Waals surface area contributed by atoms with Gasteiger partial charge >= 0.3 is 12.1 Å². The monoisotopic (exact) mass is 475 g/mol. The molecule has 3 aromatic carbocycles. The van der Waals surface area contributed by atoms with Crippen LogP contribution in [0.2, 0.25) is 0 Å². The van der Waals surface area contributed by atoms with E-state index in [9.17, 15) is 27.2 Å². The molecule has 3 aromatic rings. The van der Waals surface area contributed by atoms with Crippen LogP contribution in [0.25, 0.3) is 0 Å². The van der Waals surface area contributed by atoms with Crippen LogP contribution < -0.4 is 4.90 Å². The largest absolute Gasteiger partial charge is 0.478 e. The Morgan fingerprint density at radius 1 is 1.00 bits per heavy atom. The molecule has 0 saturated carbocycles. The number of alkyl halides is 3. The summed E-state index contributed by atoms with van der Waals surface area (Å²) in [5.41, 5.74) is -0.277. The first-order valence-electron chi connectivity index (χ1n) is 9.89. The fourth-order valence-corrected chi connectivity index (χ4v) is 5.02. The van der Waals surface area contributed by atoms with Crippen LogP contribution in [0.4, 0.5) is 23.2 Å². The molecule has 1 heterocycles. The van der Waals surface area contributed by atoms with Gasteiger partial charge in [-0.15, -0.1) is 11.8 Å². The maximum absolute atomic E-state index is 14.7. The second-order valence-corrected chi connectivity index (χ2v) is 8.72. The van der Waals surface area contributed by atoms with Gasteiger partial charge < -0.3 is 10.0 Å². The summed E-state index contributed by atoms with van der Waals surface area (Å²) in [6, 6.07) is 15.2. The summed E-state index contributed by atoms with van der Waals surface area (Å²) in [5.74, 6) is -2.29. The Kier molecular flexibility index (Phi) is 6.16. The van der Waals surface area contributed by atoms with Gasteiger partial charge in [0, 0.05) is 4.90 Å². The summed E-state index contributed by atoms with van der Waals surface area (Å²) in [6.45, 7) is -0.433. The SMILES string of the molecule is O=C(O)c1ccc(C[C@@H]2Sc3cccc(F)c3N(Cc3ccccc3C(F)(F)F)C2=O)cc1. The number of halogens is 4. The van der Waals surface area contributed by atoms with Gasteiger partial charge in [0.15, 0.2) is 0 Å². The van der Waals surface area contributed by atoms with Gasteiger partial charge in [0.1, 0.15) is 5.82 Å². The third-order valence-corrected chi connectivity index (χ3v) is 6.54. The van der Waals surface area contributed by atoms with Gasteiger partial charge in [-0.2, -0.15) is 13.2 Å². The molecule has 0 fully saturated rings. The van der Waals surface area contributed by atoms with E-state index in [0.717, 1.165) is 22.7 Å². The van der Waals surface area contributed by atoms with Crippen LogP contribution in [0.5, 0.6) is 0 Å². The molecule has 1 atom stereocenters. The smallest absolute Gasteiger partial charge is 0.416 e. The van der Waals surface area contributed by atoms with Crippen LogP contribution in [0.3, 0.4) is 0 Å². The number of carboxylic acids is 1. The normalized spacial score (nSPS) is 15.9. The van der Waals surface area contributed by atoms with Gasteiger partial charge in [-0.3, -0.25) is 4.79 Å². The van der Waals surface area contributed by atoms with Crippen LogP contribution in [0.15, 0.2) is 71.6 Å². The molecule has 9 heteroatoms. The lowest BCUT2D eigenvalue weighted by molar-refractivity contribution is -0.138. The van der Waals surface area contributed by atoms with E-state index in [0.29, 0.717) is 10.5 Å². The van der Waals surface area contributed by atoms with Crippen molar-refractivity contribution in [1.29, 1.82) is 0 Å². The van der Waals surface area contributed by atoms with Crippen molar-refractivity contribution in [1.82, 2.24) is 0 Å². The van der Waals surface area contributed by atoms with Crippen molar-refractivity contribution in [3.8, 4) is 0 Å². The Hall–Kier alpha value is -3.33. The Bertz CT molecular complexity index is 1210. The molecule has 4 nitrogen and oxygen atoms in total. The fraction of sp³-hybridized carbons (Fsp3) is 0.167. The lowest BCUT2D eigenvalue weighted by Gasteiger charge is -2.34. The van der Waals surface area contributed by atoms with E-state index in [1.54, 1.807) is 18.2 Å². The summed E-state index contributed by atoms with van der Waals surface area (Å²) >= 11 is 1.14. The molecule has 1 amide bonds. The second-order valence-electron chi connectivity index (χ2n) is 7.48. The summed E-state index contributed by atoms with van der Waals surface area (Å²) in [4.78, 5) is 25.9. The third kappa shape index (κ3) is 4.73. The number of benzene rings is 3. The first-order valence-corrected chi connectivity index (χ1v) is 10.8. The van der Waals surface area contributed by atoms with Crippen molar-refractivity contribution in [2.24, 2.45) is 0 Å². The molecule has 0 bridgehead atoms. The fourth-order valence-electron chi connectivity index (χ4n) is 3.73. The summed E-state index contributed by atoms with van der Waals surface area (Å²) < 4.78 is 55.2. The zero-order valence-electron chi connectivity index (χ0n) is 17.0. The average Bonchev–Trinajstić information content (AvgIpc) is 2.76. The van der Waals surface area contributed by atoms with Crippen molar-refractivity contribution in [2.75, 3.05) is 4.90 Å². The zero-order chi connectivity index (χ0) is 23.8. The van der Waals surface area contributed by atoms with E-state index in [2.05, 4.69) is 0 Å². The number of amides is 1. The Balaban J connectivity index is 1.69. The summed E-state index contributed by atoms with van der Waals surface area (Å²) in [5, 5.41) is 8.33. The molecule has 1 N–H and O–H groups in total. The van der Waals surface area contributed by atoms with Crippen LogP contribution in [-0.4, -0.2) is 22.2 Å². The molecule has 1 aliphatic heterocycles. The van der Waals surface area contributed by atoms with Gasteiger partial charge in [0.25, 0.3) is 0 Å². The summed E-state index contributed by atoms with van der Waals surface area (Å²) in [6.07, 6.45) is -4.41. The van der Waals surface area contributed by atoms with E-state index < -0.39 is 41.2 Å². The van der Waals surface area contributed by atoms with E-state index in [4.69, 9.17) is 5.11 Å². The maximum Gasteiger partial charge on any atom is 0.416 e.